The molecule has 0 radical (unpaired) electrons. The topological polar surface area (TPSA) is 32.3 Å². The largest absolute Gasteiger partial charge is 0.350 e. The quantitative estimate of drug-likeness (QED) is 0.573. The van der Waals surface area contributed by atoms with E-state index in [1.54, 1.807) is 11.0 Å². The van der Waals surface area contributed by atoms with Crippen molar-refractivity contribution in [3.63, 3.8) is 0 Å². The van der Waals surface area contributed by atoms with E-state index in [1.165, 1.54) is 0 Å². The highest BCUT2D eigenvalue weighted by Gasteiger charge is 2.36. The van der Waals surface area contributed by atoms with Gasteiger partial charge in [-0.15, -0.1) is 6.58 Å². The Kier molecular flexibility index (Phi) is 4.27. The highest BCUT2D eigenvalue weighted by atomic mass is 32.1. The summed E-state index contributed by atoms with van der Waals surface area (Å²) in [7, 11) is 0. The predicted octanol–water partition coefficient (Wildman–Crippen LogP) is 1.84. The van der Waals surface area contributed by atoms with E-state index in [1.807, 2.05) is 6.92 Å². The van der Waals surface area contributed by atoms with Gasteiger partial charge in [0.2, 0.25) is 0 Å². The molecule has 1 N–H and O–H groups in total. The Balaban J connectivity index is 2.66. The van der Waals surface area contributed by atoms with E-state index in [9.17, 15) is 4.79 Å². The van der Waals surface area contributed by atoms with Gasteiger partial charge < -0.3 is 5.32 Å². The molecule has 15 heavy (non-hydrogen) atoms. The van der Waals surface area contributed by atoms with Crippen LogP contribution in [0.4, 0.5) is 0 Å². The number of thiocarbonyl (C=S) groups is 1. The number of unbranched alkanes of at least 4 members (excludes halogenated alkanes) is 1. The minimum absolute atomic E-state index is 0.0240. The van der Waals surface area contributed by atoms with Crippen LogP contribution in [-0.4, -0.2) is 28.0 Å². The molecule has 0 aromatic rings. The molecule has 0 saturated carbocycles. The highest BCUT2D eigenvalue weighted by molar-refractivity contribution is 7.80. The van der Waals surface area contributed by atoms with Crippen molar-refractivity contribution in [2.75, 3.05) is 0 Å². The number of hydrogen-bond acceptors (Lipinski definition) is 2. The molecule has 2 atom stereocenters. The maximum absolute atomic E-state index is 12.0. The summed E-state index contributed by atoms with van der Waals surface area (Å²) < 4.78 is 0. The van der Waals surface area contributed by atoms with Gasteiger partial charge >= 0.3 is 0 Å². The molecule has 1 rings (SSSR count). The van der Waals surface area contributed by atoms with E-state index in [0.29, 0.717) is 5.11 Å². The number of rotatable bonds is 5. The predicted molar refractivity (Wildman–Crippen MR) is 65.6 cm³/mol. The molecule has 84 valence electrons. The van der Waals surface area contributed by atoms with Gasteiger partial charge in [-0.05, 0) is 25.6 Å². The van der Waals surface area contributed by atoms with Gasteiger partial charge in [-0.3, -0.25) is 9.69 Å². The molecule has 0 aliphatic carbocycles. The highest BCUT2D eigenvalue weighted by Crippen LogP contribution is 2.15. The van der Waals surface area contributed by atoms with E-state index >= 15 is 0 Å². The number of nitrogens with zero attached hydrogens (tertiary/aromatic N) is 1. The first-order valence-electron chi connectivity index (χ1n) is 5.38. The standard InChI is InChI=1S/C11H18N2OS/c1-4-6-7-9-10(14)13(8(3)5-2)11(15)12-9/h5,8-9H,2,4,6-7H2,1,3H3,(H,12,15)/t8?,9-/m1/s1. The second kappa shape index (κ2) is 5.26. The SMILES string of the molecule is C=CC(C)N1C(=O)[C@@H](CCCC)NC1=S. The van der Waals surface area contributed by atoms with Crippen LogP contribution < -0.4 is 5.32 Å². The number of carbonyl (C=O) groups is 1. The summed E-state index contributed by atoms with van der Waals surface area (Å²) in [5, 5.41) is 3.60. The van der Waals surface area contributed by atoms with Crippen LogP contribution in [0.3, 0.4) is 0 Å². The molecule has 3 nitrogen and oxygen atoms in total. The Bertz CT molecular complexity index is 278. The summed E-state index contributed by atoms with van der Waals surface area (Å²) >= 11 is 5.13. The third-order valence-corrected chi connectivity index (χ3v) is 2.96. The maximum Gasteiger partial charge on any atom is 0.251 e. The fourth-order valence-electron chi connectivity index (χ4n) is 1.64. The Morgan fingerprint density at radius 3 is 2.93 bits per heavy atom. The van der Waals surface area contributed by atoms with Crippen LogP contribution >= 0.6 is 12.2 Å². The Labute approximate surface area is 96.5 Å². The molecule has 1 saturated heterocycles. The van der Waals surface area contributed by atoms with Gasteiger partial charge in [0, 0.05) is 0 Å². The summed E-state index contributed by atoms with van der Waals surface area (Å²) in [6, 6.07) is -0.149. The summed E-state index contributed by atoms with van der Waals surface area (Å²) in [5.41, 5.74) is 0. The van der Waals surface area contributed by atoms with Gasteiger partial charge in [0.15, 0.2) is 5.11 Å². The summed E-state index contributed by atoms with van der Waals surface area (Å²) in [6.07, 6.45) is 4.72. The van der Waals surface area contributed by atoms with Crippen molar-refractivity contribution < 1.29 is 4.79 Å². The first-order chi connectivity index (χ1) is 7.11. The zero-order chi connectivity index (χ0) is 11.4. The average molecular weight is 226 g/mol. The number of hydrogen-bond donors (Lipinski definition) is 1. The number of carbonyl (C=O) groups excluding carboxylic acids is 1. The lowest BCUT2D eigenvalue weighted by molar-refractivity contribution is -0.127. The fourth-order valence-corrected chi connectivity index (χ4v) is 2.04. The Morgan fingerprint density at radius 1 is 1.73 bits per heavy atom. The second-order valence-corrected chi connectivity index (χ2v) is 4.22. The fraction of sp³-hybridized carbons (Fsp3) is 0.636. The molecule has 1 aliphatic rings. The molecule has 1 fully saturated rings. The molecule has 1 unspecified atom stereocenters. The van der Waals surface area contributed by atoms with Crippen molar-refractivity contribution in [3.05, 3.63) is 12.7 Å². The first kappa shape index (κ1) is 12.2. The van der Waals surface area contributed by atoms with Crippen LogP contribution in [0.5, 0.6) is 0 Å². The monoisotopic (exact) mass is 226 g/mol. The van der Waals surface area contributed by atoms with E-state index in [-0.39, 0.29) is 18.0 Å². The van der Waals surface area contributed by atoms with Gasteiger partial charge in [-0.2, -0.15) is 0 Å². The minimum atomic E-state index is -0.125. The van der Waals surface area contributed by atoms with Crippen molar-refractivity contribution in [2.45, 2.75) is 45.2 Å². The first-order valence-corrected chi connectivity index (χ1v) is 5.78. The van der Waals surface area contributed by atoms with Crippen LogP contribution in [0.15, 0.2) is 12.7 Å². The van der Waals surface area contributed by atoms with Gasteiger partial charge in [-0.25, -0.2) is 0 Å². The summed E-state index contributed by atoms with van der Waals surface area (Å²) in [4.78, 5) is 13.6. The average Bonchev–Trinajstić information content (AvgIpc) is 2.50. The molecular formula is C11H18N2OS. The Morgan fingerprint density at radius 2 is 2.40 bits per heavy atom. The van der Waals surface area contributed by atoms with Crippen LogP contribution in [0, 0.1) is 0 Å². The molecule has 1 aliphatic heterocycles. The van der Waals surface area contributed by atoms with Crippen molar-refractivity contribution in [2.24, 2.45) is 0 Å². The van der Waals surface area contributed by atoms with E-state index < -0.39 is 0 Å². The second-order valence-electron chi connectivity index (χ2n) is 3.83. The number of nitrogens with one attached hydrogen (secondary N) is 1. The van der Waals surface area contributed by atoms with Crippen molar-refractivity contribution in [1.29, 1.82) is 0 Å². The lowest BCUT2D eigenvalue weighted by Gasteiger charge is -2.19. The molecule has 0 bridgehead atoms. The summed E-state index contributed by atoms with van der Waals surface area (Å²) in [6.45, 7) is 7.71. The normalized spacial score (nSPS) is 22.8. The van der Waals surface area contributed by atoms with E-state index in [0.717, 1.165) is 19.3 Å². The van der Waals surface area contributed by atoms with Gasteiger partial charge in [0.05, 0.1) is 6.04 Å². The minimum Gasteiger partial charge on any atom is -0.350 e. The third kappa shape index (κ3) is 2.56. The Hall–Kier alpha value is -0.900. The van der Waals surface area contributed by atoms with Gasteiger partial charge in [0.1, 0.15) is 6.04 Å². The van der Waals surface area contributed by atoms with E-state index in [2.05, 4.69) is 18.8 Å². The number of amides is 1. The third-order valence-electron chi connectivity index (χ3n) is 2.65. The zero-order valence-corrected chi connectivity index (χ0v) is 10.1. The van der Waals surface area contributed by atoms with Gasteiger partial charge in [0.25, 0.3) is 5.91 Å². The van der Waals surface area contributed by atoms with Crippen LogP contribution in [0.2, 0.25) is 0 Å². The van der Waals surface area contributed by atoms with Gasteiger partial charge in [-0.1, -0.05) is 25.8 Å². The lowest BCUT2D eigenvalue weighted by Crippen LogP contribution is -2.37. The van der Waals surface area contributed by atoms with E-state index in [4.69, 9.17) is 12.2 Å². The smallest absolute Gasteiger partial charge is 0.251 e. The maximum atomic E-state index is 12.0. The molecule has 1 heterocycles. The lowest BCUT2D eigenvalue weighted by atomic mass is 10.1. The molecule has 0 spiro atoms. The summed E-state index contributed by atoms with van der Waals surface area (Å²) in [5.74, 6) is 0.0841. The molecule has 1 amide bonds. The van der Waals surface area contributed by atoms with Crippen molar-refractivity contribution in [3.8, 4) is 0 Å². The molecule has 4 heteroatoms. The van der Waals surface area contributed by atoms with Crippen molar-refractivity contribution >= 4 is 23.2 Å². The molecule has 0 aromatic carbocycles. The van der Waals surface area contributed by atoms with Crippen molar-refractivity contribution in [1.82, 2.24) is 10.2 Å². The van der Waals surface area contributed by atoms with Crippen LogP contribution in [0.1, 0.15) is 33.1 Å². The molecular weight excluding hydrogens is 208 g/mol. The van der Waals surface area contributed by atoms with Crippen LogP contribution in [-0.2, 0) is 4.79 Å². The molecule has 0 aromatic heterocycles. The van der Waals surface area contributed by atoms with Crippen LogP contribution in [0.25, 0.3) is 0 Å². The zero-order valence-electron chi connectivity index (χ0n) is 9.32.